The van der Waals surface area contributed by atoms with Gasteiger partial charge in [0.15, 0.2) is 0 Å². The van der Waals surface area contributed by atoms with Crippen molar-refractivity contribution in [2.45, 2.75) is 27.3 Å². The van der Waals surface area contributed by atoms with E-state index < -0.39 is 0 Å². The molecule has 1 aromatic carbocycles. The number of carbonyl (C=O) groups excluding carboxylic acids is 1. The number of rotatable bonds is 4. The number of benzene rings is 1. The smallest absolute Gasteiger partial charge is 0.255 e. The quantitative estimate of drug-likeness (QED) is 0.793. The molecular formula is C18H19N3OS. The summed E-state index contributed by atoms with van der Waals surface area (Å²) in [6.45, 7) is 6.41. The molecule has 0 atom stereocenters. The van der Waals surface area contributed by atoms with Crippen LogP contribution in [-0.2, 0) is 6.54 Å². The van der Waals surface area contributed by atoms with E-state index in [0.717, 1.165) is 17.1 Å². The van der Waals surface area contributed by atoms with E-state index in [2.05, 4.69) is 23.4 Å². The number of thiophene rings is 1. The van der Waals surface area contributed by atoms with Gasteiger partial charge in [0.25, 0.3) is 5.91 Å². The minimum Gasteiger partial charge on any atom is -0.347 e. The highest BCUT2D eigenvalue weighted by molar-refractivity contribution is 7.10. The van der Waals surface area contributed by atoms with Crippen LogP contribution in [0.4, 0.5) is 0 Å². The molecule has 3 rings (SSSR count). The SMILES string of the molecule is Cc1ccsc1CNC(=O)c1c(C)nn(-c2ccccc2)c1C. The van der Waals surface area contributed by atoms with Gasteiger partial charge in [0, 0.05) is 4.88 Å². The molecule has 4 nitrogen and oxygen atoms in total. The van der Waals surface area contributed by atoms with Crippen molar-refractivity contribution in [2.24, 2.45) is 0 Å². The van der Waals surface area contributed by atoms with Crippen LogP contribution in [0.5, 0.6) is 0 Å². The zero-order valence-electron chi connectivity index (χ0n) is 13.5. The van der Waals surface area contributed by atoms with E-state index in [1.807, 2.05) is 54.2 Å². The topological polar surface area (TPSA) is 46.9 Å². The van der Waals surface area contributed by atoms with Gasteiger partial charge < -0.3 is 5.32 Å². The van der Waals surface area contributed by atoms with Crippen molar-refractivity contribution in [3.8, 4) is 5.69 Å². The van der Waals surface area contributed by atoms with E-state index in [0.29, 0.717) is 12.1 Å². The van der Waals surface area contributed by atoms with Crippen molar-refractivity contribution in [1.29, 1.82) is 0 Å². The van der Waals surface area contributed by atoms with Crippen LogP contribution >= 0.6 is 11.3 Å². The Bertz CT molecular complexity index is 833. The van der Waals surface area contributed by atoms with Gasteiger partial charge in [0.2, 0.25) is 0 Å². The van der Waals surface area contributed by atoms with Crippen LogP contribution in [0.15, 0.2) is 41.8 Å². The predicted molar refractivity (Wildman–Crippen MR) is 93.3 cm³/mol. The molecule has 0 saturated heterocycles. The van der Waals surface area contributed by atoms with Crippen molar-refractivity contribution in [3.05, 3.63) is 69.2 Å². The van der Waals surface area contributed by atoms with E-state index in [4.69, 9.17) is 0 Å². The number of aromatic nitrogens is 2. The molecule has 3 aromatic rings. The molecule has 0 bridgehead atoms. The lowest BCUT2D eigenvalue weighted by Gasteiger charge is -2.06. The van der Waals surface area contributed by atoms with Crippen LogP contribution in [0.1, 0.15) is 32.2 Å². The summed E-state index contributed by atoms with van der Waals surface area (Å²) < 4.78 is 1.82. The van der Waals surface area contributed by atoms with Crippen LogP contribution in [0.2, 0.25) is 0 Å². The van der Waals surface area contributed by atoms with Gasteiger partial charge in [-0.05, 0) is 49.9 Å². The number of aryl methyl sites for hydroxylation is 2. The van der Waals surface area contributed by atoms with Crippen molar-refractivity contribution >= 4 is 17.2 Å². The second-order valence-electron chi connectivity index (χ2n) is 5.50. The Morgan fingerprint density at radius 2 is 1.91 bits per heavy atom. The molecule has 0 saturated carbocycles. The molecule has 118 valence electrons. The molecule has 5 heteroatoms. The van der Waals surface area contributed by atoms with Crippen molar-refractivity contribution in [1.82, 2.24) is 15.1 Å². The maximum absolute atomic E-state index is 12.6. The molecule has 1 N–H and O–H groups in total. The summed E-state index contributed by atoms with van der Waals surface area (Å²) in [4.78, 5) is 13.8. The second kappa shape index (κ2) is 6.38. The molecule has 1 amide bonds. The fourth-order valence-electron chi connectivity index (χ4n) is 2.63. The fraction of sp³-hybridized carbons (Fsp3) is 0.222. The zero-order chi connectivity index (χ0) is 16.4. The average molecular weight is 325 g/mol. The highest BCUT2D eigenvalue weighted by Gasteiger charge is 2.19. The molecule has 2 heterocycles. The maximum Gasteiger partial charge on any atom is 0.255 e. The third-order valence-electron chi connectivity index (χ3n) is 3.90. The van der Waals surface area contributed by atoms with Crippen LogP contribution < -0.4 is 5.32 Å². The summed E-state index contributed by atoms with van der Waals surface area (Å²) in [5, 5.41) is 9.57. The summed E-state index contributed by atoms with van der Waals surface area (Å²) in [5.41, 5.74) is 4.42. The first-order valence-electron chi connectivity index (χ1n) is 7.50. The molecule has 23 heavy (non-hydrogen) atoms. The van der Waals surface area contributed by atoms with Crippen LogP contribution in [0.3, 0.4) is 0 Å². The van der Waals surface area contributed by atoms with Crippen LogP contribution in [0.25, 0.3) is 5.69 Å². The van der Waals surface area contributed by atoms with E-state index in [-0.39, 0.29) is 5.91 Å². The number of nitrogens with zero attached hydrogens (tertiary/aromatic N) is 2. The number of carbonyl (C=O) groups is 1. The fourth-order valence-corrected chi connectivity index (χ4v) is 3.47. The molecule has 0 aliphatic carbocycles. The van der Waals surface area contributed by atoms with E-state index in [9.17, 15) is 4.79 Å². The zero-order valence-corrected chi connectivity index (χ0v) is 14.3. The molecule has 0 spiro atoms. The van der Waals surface area contributed by atoms with Gasteiger partial charge in [0.1, 0.15) is 0 Å². The van der Waals surface area contributed by atoms with Crippen molar-refractivity contribution in [2.75, 3.05) is 0 Å². The van der Waals surface area contributed by atoms with Crippen LogP contribution in [-0.4, -0.2) is 15.7 Å². The number of nitrogens with one attached hydrogen (secondary N) is 1. The Balaban J connectivity index is 1.84. The Hall–Kier alpha value is -2.40. The van der Waals surface area contributed by atoms with Gasteiger partial charge in [-0.2, -0.15) is 5.10 Å². The minimum absolute atomic E-state index is 0.0741. The monoisotopic (exact) mass is 325 g/mol. The maximum atomic E-state index is 12.6. The van der Waals surface area contributed by atoms with E-state index >= 15 is 0 Å². The first kappa shape index (κ1) is 15.5. The Labute approximate surface area is 139 Å². The number of amides is 1. The highest BCUT2D eigenvalue weighted by Crippen LogP contribution is 2.19. The number of hydrogen-bond acceptors (Lipinski definition) is 3. The summed E-state index contributed by atoms with van der Waals surface area (Å²) in [6, 6.07) is 11.9. The van der Waals surface area contributed by atoms with Gasteiger partial charge in [-0.1, -0.05) is 18.2 Å². The van der Waals surface area contributed by atoms with Gasteiger partial charge in [-0.15, -0.1) is 11.3 Å². The third-order valence-corrected chi connectivity index (χ3v) is 4.92. The molecule has 0 aliphatic rings. The van der Waals surface area contributed by atoms with E-state index in [1.54, 1.807) is 11.3 Å². The second-order valence-corrected chi connectivity index (χ2v) is 6.50. The normalized spacial score (nSPS) is 10.7. The Kier molecular flexibility index (Phi) is 4.30. The molecule has 0 radical (unpaired) electrons. The average Bonchev–Trinajstić information content (AvgIpc) is 3.09. The highest BCUT2D eigenvalue weighted by atomic mass is 32.1. The molecule has 0 unspecified atom stereocenters. The number of hydrogen-bond donors (Lipinski definition) is 1. The summed E-state index contributed by atoms with van der Waals surface area (Å²) in [5.74, 6) is -0.0741. The lowest BCUT2D eigenvalue weighted by molar-refractivity contribution is 0.0950. The Morgan fingerprint density at radius 3 is 2.57 bits per heavy atom. The molecular weight excluding hydrogens is 306 g/mol. The third kappa shape index (κ3) is 3.05. The largest absolute Gasteiger partial charge is 0.347 e. The van der Waals surface area contributed by atoms with Gasteiger partial charge >= 0.3 is 0 Å². The standard InChI is InChI=1S/C18H19N3OS/c1-12-9-10-23-16(12)11-19-18(22)17-13(2)20-21(14(17)3)15-7-5-4-6-8-15/h4-10H,11H2,1-3H3,(H,19,22). The Morgan fingerprint density at radius 1 is 1.17 bits per heavy atom. The summed E-state index contributed by atoms with van der Waals surface area (Å²) >= 11 is 1.66. The van der Waals surface area contributed by atoms with Gasteiger partial charge in [0.05, 0.1) is 29.2 Å². The van der Waals surface area contributed by atoms with Crippen LogP contribution in [0, 0.1) is 20.8 Å². The molecule has 0 fully saturated rings. The number of para-hydroxylation sites is 1. The first-order valence-corrected chi connectivity index (χ1v) is 8.38. The summed E-state index contributed by atoms with van der Waals surface area (Å²) in [6.07, 6.45) is 0. The summed E-state index contributed by atoms with van der Waals surface area (Å²) in [7, 11) is 0. The van der Waals surface area contributed by atoms with Crippen molar-refractivity contribution in [3.63, 3.8) is 0 Å². The minimum atomic E-state index is -0.0741. The molecule has 2 aromatic heterocycles. The molecule has 0 aliphatic heterocycles. The lowest BCUT2D eigenvalue weighted by Crippen LogP contribution is -2.23. The van der Waals surface area contributed by atoms with Crippen molar-refractivity contribution < 1.29 is 4.79 Å². The van der Waals surface area contributed by atoms with Gasteiger partial charge in [-0.25, -0.2) is 4.68 Å². The van der Waals surface area contributed by atoms with E-state index in [1.165, 1.54) is 10.4 Å². The lowest BCUT2D eigenvalue weighted by atomic mass is 10.2. The first-order chi connectivity index (χ1) is 11.1. The van der Waals surface area contributed by atoms with Gasteiger partial charge in [-0.3, -0.25) is 4.79 Å². The predicted octanol–water partition coefficient (Wildman–Crippen LogP) is 3.79.